The number of carbonyl (C=O) groups is 1. The average Bonchev–Trinajstić information content (AvgIpc) is 3.25. The first kappa shape index (κ1) is 17.6. The third-order valence-corrected chi connectivity index (χ3v) is 6.36. The number of benzene rings is 1. The molecule has 24 heavy (non-hydrogen) atoms. The summed E-state index contributed by atoms with van der Waals surface area (Å²) in [5, 5.41) is 15.9. The van der Waals surface area contributed by atoms with Gasteiger partial charge in [-0.05, 0) is 55.9 Å². The van der Waals surface area contributed by atoms with E-state index in [0.29, 0.717) is 23.6 Å². The molecular weight excluding hydrogens is 320 g/mol. The SMILES string of the molecule is CSCC(C)(O)CNC(=O)NCC1CC12CCCc1ccccc12. The maximum Gasteiger partial charge on any atom is 0.314 e. The first-order valence-corrected chi connectivity index (χ1v) is 10.2. The summed E-state index contributed by atoms with van der Waals surface area (Å²) in [7, 11) is 0. The number of aliphatic hydroxyl groups is 1. The van der Waals surface area contributed by atoms with Crippen LogP contribution < -0.4 is 10.6 Å². The number of thioether (sulfide) groups is 1. The van der Waals surface area contributed by atoms with Gasteiger partial charge in [0.2, 0.25) is 0 Å². The number of carbonyl (C=O) groups excluding carboxylic acids is 1. The molecule has 2 aliphatic carbocycles. The van der Waals surface area contributed by atoms with Crippen molar-refractivity contribution in [2.75, 3.05) is 25.1 Å². The summed E-state index contributed by atoms with van der Waals surface area (Å²) in [6.45, 7) is 2.74. The van der Waals surface area contributed by atoms with Crippen molar-refractivity contribution >= 4 is 17.8 Å². The molecule has 0 heterocycles. The molecule has 3 N–H and O–H groups in total. The van der Waals surface area contributed by atoms with Gasteiger partial charge >= 0.3 is 6.03 Å². The second kappa shape index (κ2) is 6.96. The summed E-state index contributed by atoms with van der Waals surface area (Å²) >= 11 is 1.57. The summed E-state index contributed by atoms with van der Waals surface area (Å²) in [5.74, 6) is 1.15. The Hall–Kier alpha value is -1.20. The van der Waals surface area contributed by atoms with Gasteiger partial charge in [-0.3, -0.25) is 0 Å². The fourth-order valence-corrected chi connectivity index (χ4v) is 4.87. The lowest BCUT2D eigenvalue weighted by atomic mass is 9.78. The maximum atomic E-state index is 12.0. The lowest BCUT2D eigenvalue weighted by Crippen LogP contribution is -2.46. The van der Waals surface area contributed by atoms with E-state index >= 15 is 0 Å². The van der Waals surface area contributed by atoms with Crippen LogP contribution in [0.4, 0.5) is 4.79 Å². The quantitative estimate of drug-likeness (QED) is 0.741. The number of hydrogen-bond donors (Lipinski definition) is 3. The van der Waals surface area contributed by atoms with Crippen molar-refractivity contribution in [2.45, 2.75) is 43.6 Å². The Kier molecular flexibility index (Phi) is 5.11. The van der Waals surface area contributed by atoms with Crippen molar-refractivity contribution in [3.8, 4) is 0 Å². The maximum absolute atomic E-state index is 12.0. The minimum atomic E-state index is -0.861. The fraction of sp³-hybridized carbons (Fsp3) is 0.632. The van der Waals surface area contributed by atoms with Crippen molar-refractivity contribution < 1.29 is 9.90 Å². The molecule has 5 heteroatoms. The van der Waals surface area contributed by atoms with Crippen molar-refractivity contribution in [1.82, 2.24) is 10.6 Å². The fourth-order valence-electron chi connectivity index (χ4n) is 4.15. The second-order valence-electron chi connectivity index (χ2n) is 7.56. The van der Waals surface area contributed by atoms with E-state index in [9.17, 15) is 9.90 Å². The molecule has 2 aliphatic rings. The molecule has 0 bridgehead atoms. The van der Waals surface area contributed by atoms with E-state index in [4.69, 9.17) is 0 Å². The molecule has 0 aromatic heterocycles. The predicted molar refractivity (Wildman–Crippen MR) is 99.6 cm³/mol. The number of nitrogens with one attached hydrogen (secondary N) is 2. The van der Waals surface area contributed by atoms with Gasteiger partial charge in [-0.15, -0.1) is 0 Å². The topological polar surface area (TPSA) is 61.4 Å². The summed E-state index contributed by atoms with van der Waals surface area (Å²) in [4.78, 5) is 12.0. The van der Waals surface area contributed by atoms with E-state index in [-0.39, 0.29) is 12.6 Å². The van der Waals surface area contributed by atoms with E-state index in [1.165, 1.54) is 36.8 Å². The molecule has 3 unspecified atom stereocenters. The molecule has 3 atom stereocenters. The monoisotopic (exact) mass is 348 g/mol. The van der Waals surface area contributed by atoms with Gasteiger partial charge < -0.3 is 15.7 Å². The highest BCUT2D eigenvalue weighted by Crippen LogP contribution is 2.59. The molecule has 3 rings (SSSR count). The highest BCUT2D eigenvalue weighted by molar-refractivity contribution is 7.98. The van der Waals surface area contributed by atoms with Crippen LogP contribution in [-0.2, 0) is 11.8 Å². The second-order valence-corrected chi connectivity index (χ2v) is 8.43. The van der Waals surface area contributed by atoms with Crippen LogP contribution in [0, 0.1) is 5.92 Å². The Bertz CT molecular complexity index is 605. The molecule has 1 fully saturated rings. The zero-order chi connectivity index (χ0) is 17.2. The molecule has 1 saturated carbocycles. The largest absolute Gasteiger partial charge is 0.387 e. The third-order valence-electron chi connectivity index (χ3n) is 5.45. The normalized spacial score (nSPS) is 27.2. The van der Waals surface area contributed by atoms with Crippen LogP contribution in [0.25, 0.3) is 0 Å². The minimum absolute atomic E-state index is 0.178. The van der Waals surface area contributed by atoms with Gasteiger partial charge in [-0.2, -0.15) is 11.8 Å². The molecule has 2 amide bonds. The molecule has 0 aliphatic heterocycles. The van der Waals surface area contributed by atoms with Crippen molar-refractivity contribution in [3.05, 3.63) is 35.4 Å². The average molecular weight is 349 g/mol. The number of fused-ring (bicyclic) bond motifs is 2. The summed E-state index contributed by atoms with van der Waals surface area (Å²) in [6, 6.07) is 8.60. The molecule has 4 nitrogen and oxygen atoms in total. The van der Waals surface area contributed by atoms with E-state index < -0.39 is 5.60 Å². The summed E-state index contributed by atoms with van der Waals surface area (Å²) in [6.07, 6.45) is 6.79. The van der Waals surface area contributed by atoms with Gasteiger partial charge in [0.15, 0.2) is 0 Å². The smallest absolute Gasteiger partial charge is 0.314 e. The molecule has 1 aromatic rings. The minimum Gasteiger partial charge on any atom is -0.387 e. The van der Waals surface area contributed by atoms with Gasteiger partial charge in [0.05, 0.1) is 5.60 Å². The highest BCUT2D eigenvalue weighted by atomic mass is 32.2. The molecular formula is C19H28N2O2S. The van der Waals surface area contributed by atoms with Gasteiger partial charge in [0, 0.05) is 24.3 Å². The number of urea groups is 1. The van der Waals surface area contributed by atoms with Crippen LogP contribution in [0.15, 0.2) is 24.3 Å². The summed E-state index contributed by atoms with van der Waals surface area (Å²) < 4.78 is 0. The van der Waals surface area contributed by atoms with E-state index in [1.54, 1.807) is 18.7 Å². The number of amides is 2. The zero-order valence-corrected chi connectivity index (χ0v) is 15.4. The molecule has 1 spiro atoms. The first-order chi connectivity index (χ1) is 11.5. The van der Waals surface area contributed by atoms with Crippen LogP contribution in [0.5, 0.6) is 0 Å². The van der Waals surface area contributed by atoms with Crippen LogP contribution in [0.1, 0.15) is 37.3 Å². The number of rotatable bonds is 6. The van der Waals surface area contributed by atoms with Crippen molar-refractivity contribution in [3.63, 3.8) is 0 Å². The van der Waals surface area contributed by atoms with Crippen LogP contribution in [0.3, 0.4) is 0 Å². The lowest BCUT2D eigenvalue weighted by molar-refractivity contribution is 0.0869. The Morgan fingerprint density at radius 2 is 2.21 bits per heavy atom. The van der Waals surface area contributed by atoms with Crippen LogP contribution >= 0.6 is 11.8 Å². The standard InChI is InChI=1S/C19H28N2O2S/c1-18(23,13-24-2)12-21-17(22)20-11-15-10-19(15)9-5-7-14-6-3-4-8-16(14)19/h3-4,6,8,15,23H,5,7,9-13H2,1-2H3,(H2,20,21,22). The lowest BCUT2D eigenvalue weighted by Gasteiger charge is -2.27. The summed E-state index contributed by atoms with van der Waals surface area (Å²) in [5.41, 5.74) is 2.43. The van der Waals surface area contributed by atoms with Crippen molar-refractivity contribution in [1.29, 1.82) is 0 Å². The zero-order valence-electron chi connectivity index (χ0n) is 14.6. The van der Waals surface area contributed by atoms with Crippen molar-refractivity contribution in [2.24, 2.45) is 5.92 Å². The van der Waals surface area contributed by atoms with Crippen LogP contribution in [-0.4, -0.2) is 41.8 Å². The molecule has 0 radical (unpaired) electrons. The van der Waals surface area contributed by atoms with Crippen LogP contribution in [0.2, 0.25) is 0 Å². The Labute approximate surface area is 148 Å². The molecule has 0 saturated heterocycles. The first-order valence-electron chi connectivity index (χ1n) is 8.78. The van der Waals surface area contributed by atoms with Gasteiger partial charge in [-0.25, -0.2) is 4.79 Å². The molecule has 1 aromatic carbocycles. The van der Waals surface area contributed by atoms with E-state index in [2.05, 4.69) is 34.9 Å². The third kappa shape index (κ3) is 3.72. The van der Waals surface area contributed by atoms with Gasteiger partial charge in [0.25, 0.3) is 0 Å². The Morgan fingerprint density at radius 3 is 3.00 bits per heavy atom. The van der Waals surface area contributed by atoms with Gasteiger partial charge in [-0.1, -0.05) is 24.3 Å². The van der Waals surface area contributed by atoms with E-state index in [0.717, 1.165) is 0 Å². The number of hydrogen-bond acceptors (Lipinski definition) is 3. The number of aryl methyl sites for hydroxylation is 1. The highest BCUT2D eigenvalue weighted by Gasteiger charge is 2.56. The Morgan fingerprint density at radius 1 is 1.42 bits per heavy atom. The van der Waals surface area contributed by atoms with Gasteiger partial charge in [0.1, 0.15) is 0 Å². The van der Waals surface area contributed by atoms with E-state index in [1.807, 2.05) is 6.26 Å². The molecule has 132 valence electrons. The Balaban J connectivity index is 1.49. The predicted octanol–water partition coefficient (Wildman–Crippen LogP) is 2.69.